The van der Waals surface area contributed by atoms with Gasteiger partial charge in [-0.25, -0.2) is 8.78 Å². The van der Waals surface area contributed by atoms with E-state index in [4.69, 9.17) is 4.74 Å². The summed E-state index contributed by atoms with van der Waals surface area (Å²) in [6, 6.07) is 7.62. The van der Waals surface area contributed by atoms with Crippen LogP contribution in [-0.2, 0) is 11.2 Å². The standard InChI is InChI=1S/C18H14F2O4/c1-24-17-7-4-12(9-13(17)10-18(22)23)16(21)6-3-11-2-5-14(19)15(20)8-11/h2-9H,10H2,1H3,(H,22,23)/p-1/b6-3+. The van der Waals surface area contributed by atoms with Crippen molar-refractivity contribution in [2.75, 3.05) is 7.11 Å². The topological polar surface area (TPSA) is 66.4 Å². The fourth-order valence-electron chi connectivity index (χ4n) is 2.11. The van der Waals surface area contributed by atoms with Crippen LogP contribution < -0.4 is 9.84 Å². The van der Waals surface area contributed by atoms with Gasteiger partial charge in [0.25, 0.3) is 0 Å². The molecular weight excluding hydrogens is 318 g/mol. The highest BCUT2D eigenvalue weighted by Crippen LogP contribution is 2.21. The number of aliphatic carboxylic acids is 1. The van der Waals surface area contributed by atoms with Crippen molar-refractivity contribution >= 4 is 17.8 Å². The third-order valence-corrected chi connectivity index (χ3v) is 3.27. The summed E-state index contributed by atoms with van der Waals surface area (Å²) >= 11 is 0. The first-order valence-electron chi connectivity index (χ1n) is 6.95. The Balaban J connectivity index is 2.24. The Morgan fingerprint density at radius 3 is 2.50 bits per heavy atom. The second kappa shape index (κ2) is 7.50. The van der Waals surface area contributed by atoms with Crippen LogP contribution in [-0.4, -0.2) is 18.9 Å². The van der Waals surface area contributed by atoms with Gasteiger partial charge in [0.05, 0.1) is 7.11 Å². The number of carbonyl (C=O) groups excluding carboxylic acids is 2. The van der Waals surface area contributed by atoms with Gasteiger partial charge in [-0.05, 0) is 42.0 Å². The maximum Gasteiger partial charge on any atom is 0.185 e. The monoisotopic (exact) mass is 331 g/mol. The van der Waals surface area contributed by atoms with Gasteiger partial charge in [-0.3, -0.25) is 4.79 Å². The molecule has 0 aromatic heterocycles. The van der Waals surface area contributed by atoms with Crippen molar-refractivity contribution in [3.8, 4) is 5.75 Å². The Bertz CT molecular complexity index is 813. The van der Waals surface area contributed by atoms with Gasteiger partial charge in [0.15, 0.2) is 17.4 Å². The quantitative estimate of drug-likeness (QED) is 0.601. The SMILES string of the molecule is COc1ccc(C(=O)/C=C/c2ccc(F)c(F)c2)cc1CC(=O)[O-]. The molecule has 2 aromatic rings. The van der Waals surface area contributed by atoms with Crippen LogP contribution in [0.2, 0.25) is 0 Å². The van der Waals surface area contributed by atoms with E-state index >= 15 is 0 Å². The van der Waals surface area contributed by atoms with Gasteiger partial charge in [0.1, 0.15) is 5.75 Å². The zero-order chi connectivity index (χ0) is 17.7. The third kappa shape index (κ3) is 4.25. The van der Waals surface area contributed by atoms with E-state index in [1.165, 1.54) is 43.5 Å². The predicted octanol–water partition coefficient (Wildman–Crippen LogP) is 2.16. The van der Waals surface area contributed by atoms with Gasteiger partial charge in [-0.1, -0.05) is 12.1 Å². The molecule has 0 atom stereocenters. The number of methoxy groups -OCH3 is 1. The lowest BCUT2D eigenvalue weighted by Crippen LogP contribution is -2.24. The average molecular weight is 331 g/mol. The number of carboxylic acids is 1. The van der Waals surface area contributed by atoms with E-state index < -0.39 is 29.8 Å². The molecule has 0 fully saturated rings. The summed E-state index contributed by atoms with van der Waals surface area (Å²) in [5, 5.41) is 10.8. The minimum atomic E-state index is -1.30. The molecule has 0 N–H and O–H groups in total. The molecule has 0 aliphatic rings. The zero-order valence-electron chi connectivity index (χ0n) is 12.7. The van der Waals surface area contributed by atoms with Crippen LogP contribution in [0.5, 0.6) is 5.75 Å². The number of carbonyl (C=O) groups is 2. The molecule has 0 heterocycles. The lowest BCUT2D eigenvalue weighted by molar-refractivity contribution is -0.304. The van der Waals surface area contributed by atoms with Crippen LogP contribution >= 0.6 is 0 Å². The number of hydrogen-bond donors (Lipinski definition) is 0. The van der Waals surface area contributed by atoms with Crippen molar-refractivity contribution in [1.82, 2.24) is 0 Å². The Kier molecular flexibility index (Phi) is 5.42. The fourth-order valence-corrected chi connectivity index (χ4v) is 2.11. The molecular formula is C18H13F2O4-. The Labute approximate surface area is 137 Å². The summed E-state index contributed by atoms with van der Waals surface area (Å²) in [4.78, 5) is 22.9. The van der Waals surface area contributed by atoms with Gasteiger partial charge >= 0.3 is 0 Å². The summed E-state index contributed by atoms with van der Waals surface area (Å²) in [7, 11) is 1.39. The molecule has 2 aromatic carbocycles. The number of ether oxygens (including phenoxy) is 1. The summed E-state index contributed by atoms with van der Waals surface area (Å²) in [6.45, 7) is 0. The smallest absolute Gasteiger partial charge is 0.185 e. The number of benzene rings is 2. The maximum atomic E-state index is 13.1. The first-order chi connectivity index (χ1) is 11.4. The molecule has 124 valence electrons. The maximum absolute atomic E-state index is 13.1. The van der Waals surface area contributed by atoms with E-state index in [1.807, 2.05) is 0 Å². The van der Waals surface area contributed by atoms with Crippen LogP contribution in [0.4, 0.5) is 8.78 Å². The number of halogens is 2. The van der Waals surface area contributed by atoms with Crippen LogP contribution in [0.3, 0.4) is 0 Å². The summed E-state index contributed by atoms with van der Waals surface area (Å²) < 4.78 is 31.0. The van der Waals surface area contributed by atoms with Crippen LogP contribution in [0.25, 0.3) is 6.08 Å². The first-order valence-corrected chi connectivity index (χ1v) is 6.95. The van der Waals surface area contributed by atoms with Crippen LogP contribution in [0, 0.1) is 11.6 Å². The molecule has 0 aliphatic carbocycles. The molecule has 0 amide bonds. The molecule has 24 heavy (non-hydrogen) atoms. The molecule has 4 nitrogen and oxygen atoms in total. The largest absolute Gasteiger partial charge is 0.550 e. The van der Waals surface area contributed by atoms with Gasteiger partial charge in [0, 0.05) is 23.5 Å². The number of ketones is 1. The minimum absolute atomic E-state index is 0.242. The van der Waals surface area contributed by atoms with Crippen molar-refractivity contribution in [2.24, 2.45) is 0 Å². The van der Waals surface area contributed by atoms with Crippen molar-refractivity contribution in [3.63, 3.8) is 0 Å². The lowest BCUT2D eigenvalue weighted by atomic mass is 10.0. The molecule has 0 saturated carbocycles. The van der Waals surface area contributed by atoms with Gasteiger partial charge in [0.2, 0.25) is 0 Å². The molecule has 0 aliphatic heterocycles. The van der Waals surface area contributed by atoms with Crippen LogP contribution in [0.1, 0.15) is 21.5 Å². The predicted molar refractivity (Wildman–Crippen MR) is 81.4 cm³/mol. The Morgan fingerprint density at radius 2 is 1.88 bits per heavy atom. The van der Waals surface area contributed by atoms with E-state index in [0.717, 1.165) is 12.1 Å². The highest BCUT2D eigenvalue weighted by Gasteiger charge is 2.09. The molecule has 2 rings (SSSR count). The fraction of sp³-hybridized carbons (Fsp3) is 0.111. The molecule has 0 saturated heterocycles. The highest BCUT2D eigenvalue weighted by atomic mass is 19.2. The number of hydrogen-bond acceptors (Lipinski definition) is 4. The van der Waals surface area contributed by atoms with Crippen LogP contribution in [0.15, 0.2) is 42.5 Å². The third-order valence-electron chi connectivity index (χ3n) is 3.27. The number of rotatable bonds is 6. The van der Waals surface area contributed by atoms with E-state index in [1.54, 1.807) is 0 Å². The number of allylic oxidation sites excluding steroid dienone is 1. The van der Waals surface area contributed by atoms with Crippen molar-refractivity contribution < 1.29 is 28.2 Å². The molecule has 0 radical (unpaired) electrons. The normalized spacial score (nSPS) is 10.8. The van der Waals surface area contributed by atoms with E-state index in [9.17, 15) is 23.5 Å². The number of carboxylic acid groups (broad SMARTS) is 1. The highest BCUT2D eigenvalue weighted by molar-refractivity contribution is 6.07. The molecule has 0 unspecified atom stereocenters. The molecule has 0 bridgehead atoms. The summed E-state index contributed by atoms with van der Waals surface area (Å²) in [6.07, 6.45) is 2.14. The summed E-state index contributed by atoms with van der Waals surface area (Å²) in [5.41, 5.74) is 0.876. The van der Waals surface area contributed by atoms with E-state index in [0.29, 0.717) is 16.9 Å². The molecule has 6 heteroatoms. The van der Waals surface area contributed by atoms with Crippen molar-refractivity contribution in [1.29, 1.82) is 0 Å². The minimum Gasteiger partial charge on any atom is -0.550 e. The van der Waals surface area contributed by atoms with Gasteiger partial charge in [-0.15, -0.1) is 0 Å². The first kappa shape index (κ1) is 17.3. The molecule has 0 spiro atoms. The average Bonchev–Trinajstić information content (AvgIpc) is 2.55. The van der Waals surface area contributed by atoms with Gasteiger partial charge in [-0.2, -0.15) is 0 Å². The Hall–Kier alpha value is -3.02. The van der Waals surface area contributed by atoms with Gasteiger partial charge < -0.3 is 14.6 Å². The van der Waals surface area contributed by atoms with Crippen molar-refractivity contribution in [3.05, 3.63) is 70.8 Å². The second-order valence-corrected chi connectivity index (χ2v) is 4.95. The lowest BCUT2D eigenvalue weighted by Gasteiger charge is -2.10. The summed E-state index contributed by atoms with van der Waals surface area (Å²) in [5.74, 6) is -3.36. The Morgan fingerprint density at radius 1 is 1.12 bits per heavy atom. The van der Waals surface area contributed by atoms with Crippen molar-refractivity contribution in [2.45, 2.75) is 6.42 Å². The van der Waals surface area contributed by atoms with E-state index in [2.05, 4.69) is 0 Å². The van der Waals surface area contributed by atoms with E-state index in [-0.39, 0.29) is 5.56 Å². The second-order valence-electron chi connectivity index (χ2n) is 4.95. The zero-order valence-corrected chi connectivity index (χ0v) is 12.7.